The number of hydrogen-bond donors (Lipinski definition) is 3. The first-order chi connectivity index (χ1) is 25.2. The monoisotopic (exact) mass is 771 g/mol. The predicted molar refractivity (Wildman–Crippen MR) is 211 cm³/mol. The molecule has 3 N–H and O–H groups in total. The Morgan fingerprint density at radius 2 is 1.42 bits per heavy atom. The van der Waals surface area contributed by atoms with Gasteiger partial charge >= 0.3 is 0 Å². The molecule has 0 spiro atoms. The van der Waals surface area contributed by atoms with Gasteiger partial charge < -0.3 is 16.0 Å². The summed E-state index contributed by atoms with van der Waals surface area (Å²) in [5.41, 5.74) is 3.50. The van der Waals surface area contributed by atoms with Gasteiger partial charge in [0, 0.05) is 27.7 Å². The molecule has 1 atom stereocenters. The maximum absolute atomic E-state index is 14.0. The number of carbonyl (C=O) groups is 3. The fourth-order valence-corrected chi connectivity index (χ4v) is 6.99. The lowest BCUT2D eigenvalue weighted by atomic mass is 10.1. The molecule has 1 aromatic heterocycles. The Labute approximate surface area is 313 Å². The standard InChI is InChI=1S/C41H34BrN5O4S/c1-27-36(41(51)47(46(27)2)33-21-10-5-11-22-33)45-40(50)37(29-15-6-3-7-16-29)52-34-23-13-20-32(26-34)43-39(49)35(25-28-14-12-19-31(42)24-28)44-38(48)30-17-8-4-9-18-30/h3-26,37H,1-2H3,(H,43,49)(H,44,48)(H,45,50)/b35-25+. The summed E-state index contributed by atoms with van der Waals surface area (Å²) in [6, 6.07) is 41.6. The number of nitrogens with one attached hydrogen (secondary N) is 3. The zero-order valence-corrected chi connectivity index (χ0v) is 30.6. The van der Waals surface area contributed by atoms with E-state index in [1.807, 2.05) is 97.1 Å². The molecule has 11 heteroatoms. The van der Waals surface area contributed by atoms with E-state index in [0.717, 1.165) is 10.0 Å². The predicted octanol–water partition coefficient (Wildman–Crippen LogP) is 8.13. The maximum Gasteiger partial charge on any atom is 0.295 e. The second-order valence-electron chi connectivity index (χ2n) is 11.7. The van der Waals surface area contributed by atoms with Gasteiger partial charge in [-0.2, -0.15) is 0 Å². The smallest absolute Gasteiger partial charge is 0.295 e. The maximum atomic E-state index is 14.0. The number of carbonyl (C=O) groups excluding carboxylic acids is 3. The highest BCUT2D eigenvalue weighted by atomic mass is 79.9. The van der Waals surface area contributed by atoms with Crippen LogP contribution in [0.1, 0.15) is 32.4 Å². The fraction of sp³-hybridized carbons (Fsp3) is 0.0732. The van der Waals surface area contributed by atoms with Gasteiger partial charge in [0.25, 0.3) is 17.4 Å². The van der Waals surface area contributed by atoms with Crippen molar-refractivity contribution in [2.75, 3.05) is 10.6 Å². The van der Waals surface area contributed by atoms with Crippen molar-refractivity contribution < 1.29 is 14.4 Å². The third-order valence-corrected chi connectivity index (χ3v) is 9.92. The van der Waals surface area contributed by atoms with Crippen LogP contribution in [-0.4, -0.2) is 27.1 Å². The number of nitrogens with zero attached hydrogens (tertiary/aromatic N) is 2. The number of anilines is 2. The molecule has 3 amide bonds. The number of halogens is 1. The Morgan fingerprint density at radius 3 is 2.12 bits per heavy atom. The lowest BCUT2D eigenvalue weighted by molar-refractivity contribution is -0.116. The number of para-hydroxylation sites is 1. The first-order valence-electron chi connectivity index (χ1n) is 16.3. The number of hydrogen-bond acceptors (Lipinski definition) is 5. The molecule has 6 aromatic rings. The van der Waals surface area contributed by atoms with Crippen LogP contribution >= 0.6 is 27.7 Å². The lowest BCUT2D eigenvalue weighted by Crippen LogP contribution is -2.30. The number of rotatable bonds is 11. The average Bonchev–Trinajstić information content (AvgIpc) is 3.37. The molecule has 0 saturated carbocycles. The third-order valence-electron chi connectivity index (χ3n) is 8.18. The lowest BCUT2D eigenvalue weighted by Gasteiger charge is -2.17. The van der Waals surface area contributed by atoms with Crippen molar-refractivity contribution in [1.29, 1.82) is 0 Å². The van der Waals surface area contributed by atoms with Crippen molar-refractivity contribution in [1.82, 2.24) is 14.7 Å². The van der Waals surface area contributed by atoms with E-state index in [2.05, 4.69) is 31.9 Å². The quantitative estimate of drug-likeness (QED) is 0.0910. The molecule has 9 nitrogen and oxygen atoms in total. The Balaban J connectivity index is 1.25. The van der Waals surface area contributed by atoms with Gasteiger partial charge in [-0.15, -0.1) is 11.8 Å². The highest BCUT2D eigenvalue weighted by molar-refractivity contribution is 9.10. The molecule has 0 saturated heterocycles. The molecule has 52 heavy (non-hydrogen) atoms. The van der Waals surface area contributed by atoms with Gasteiger partial charge in [0.15, 0.2) is 0 Å². The second-order valence-corrected chi connectivity index (χ2v) is 13.8. The van der Waals surface area contributed by atoms with E-state index >= 15 is 0 Å². The summed E-state index contributed by atoms with van der Waals surface area (Å²) in [5.74, 6) is -1.33. The minimum Gasteiger partial charge on any atom is -0.321 e. The Morgan fingerprint density at radius 1 is 0.769 bits per heavy atom. The fourth-order valence-electron chi connectivity index (χ4n) is 5.49. The van der Waals surface area contributed by atoms with Crippen LogP contribution in [-0.2, 0) is 16.6 Å². The van der Waals surface area contributed by atoms with Crippen LogP contribution in [0.25, 0.3) is 11.8 Å². The molecule has 0 aliphatic rings. The van der Waals surface area contributed by atoms with E-state index in [0.29, 0.717) is 33.1 Å². The Bertz CT molecular complexity index is 2320. The van der Waals surface area contributed by atoms with Crippen molar-refractivity contribution >= 4 is 62.9 Å². The molecule has 0 fully saturated rings. The summed E-state index contributed by atoms with van der Waals surface area (Å²) in [6.45, 7) is 1.79. The zero-order valence-electron chi connectivity index (χ0n) is 28.2. The van der Waals surface area contributed by atoms with Gasteiger partial charge in [-0.3, -0.25) is 23.9 Å². The van der Waals surface area contributed by atoms with Crippen LogP contribution in [0.4, 0.5) is 11.4 Å². The zero-order chi connectivity index (χ0) is 36.6. The van der Waals surface area contributed by atoms with Crippen LogP contribution in [0, 0.1) is 6.92 Å². The van der Waals surface area contributed by atoms with E-state index in [1.165, 1.54) is 16.4 Å². The molecule has 260 valence electrons. The van der Waals surface area contributed by atoms with Crippen molar-refractivity contribution in [3.63, 3.8) is 0 Å². The van der Waals surface area contributed by atoms with Gasteiger partial charge in [-0.1, -0.05) is 101 Å². The molecule has 0 radical (unpaired) electrons. The number of thioether (sulfide) groups is 1. The first-order valence-corrected chi connectivity index (χ1v) is 18.0. The van der Waals surface area contributed by atoms with Crippen molar-refractivity contribution in [2.45, 2.75) is 17.1 Å². The minimum absolute atomic E-state index is 0.0472. The van der Waals surface area contributed by atoms with E-state index in [9.17, 15) is 19.2 Å². The summed E-state index contributed by atoms with van der Waals surface area (Å²) in [7, 11) is 1.77. The average molecular weight is 773 g/mol. The SMILES string of the molecule is Cc1c(NC(=O)C(Sc2cccc(NC(=O)/C(=C\c3cccc(Br)c3)NC(=O)c3ccccc3)c2)c2ccccc2)c(=O)n(-c2ccccc2)n1C. The number of aromatic nitrogens is 2. The van der Waals surface area contributed by atoms with E-state index < -0.39 is 17.1 Å². The van der Waals surface area contributed by atoms with E-state index in [1.54, 1.807) is 67.2 Å². The minimum atomic E-state index is -0.742. The topological polar surface area (TPSA) is 114 Å². The van der Waals surface area contributed by atoms with Crippen molar-refractivity contribution in [3.8, 4) is 5.69 Å². The normalized spacial score (nSPS) is 11.8. The van der Waals surface area contributed by atoms with E-state index in [-0.39, 0.29) is 22.9 Å². The molecular weight excluding hydrogens is 738 g/mol. The molecule has 0 bridgehead atoms. The molecule has 0 aliphatic heterocycles. The largest absolute Gasteiger partial charge is 0.321 e. The van der Waals surface area contributed by atoms with Gasteiger partial charge in [0.1, 0.15) is 16.6 Å². The number of benzene rings is 5. The summed E-state index contributed by atoms with van der Waals surface area (Å²) in [6.07, 6.45) is 1.60. The molecule has 6 rings (SSSR count). The van der Waals surface area contributed by atoms with Gasteiger partial charge in [-0.25, -0.2) is 4.68 Å². The highest BCUT2D eigenvalue weighted by Gasteiger charge is 2.26. The summed E-state index contributed by atoms with van der Waals surface area (Å²) in [5, 5.41) is 7.83. The highest BCUT2D eigenvalue weighted by Crippen LogP contribution is 2.37. The molecule has 0 aliphatic carbocycles. The van der Waals surface area contributed by atoms with Gasteiger partial charge in [0.2, 0.25) is 5.91 Å². The van der Waals surface area contributed by atoms with Gasteiger partial charge in [0.05, 0.1) is 11.4 Å². The Hall–Kier alpha value is -5.91. The molecule has 1 unspecified atom stereocenters. The second kappa shape index (κ2) is 16.4. The van der Waals surface area contributed by atoms with Crippen LogP contribution in [0.3, 0.4) is 0 Å². The Kier molecular flexibility index (Phi) is 11.3. The summed E-state index contributed by atoms with van der Waals surface area (Å²) in [4.78, 5) is 55.1. The summed E-state index contributed by atoms with van der Waals surface area (Å²) < 4.78 is 4.05. The van der Waals surface area contributed by atoms with E-state index in [4.69, 9.17) is 0 Å². The third kappa shape index (κ3) is 8.51. The molecule has 5 aromatic carbocycles. The summed E-state index contributed by atoms with van der Waals surface area (Å²) >= 11 is 4.74. The first kappa shape index (κ1) is 35.9. The molecular formula is C41H34BrN5O4S. The van der Waals surface area contributed by atoms with Crippen LogP contribution in [0.2, 0.25) is 0 Å². The van der Waals surface area contributed by atoms with Crippen LogP contribution in [0.15, 0.2) is 159 Å². The number of amides is 3. The molecule has 1 heterocycles. The van der Waals surface area contributed by atoms with Gasteiger partial charge in [-0.05, 0) is 78.7 Å². The van der Waals surface area contributed by atoms with Crippen LogP contribution in [0.5, 0.6) is 0 Å². The van der Waals surface area contributed by atoms with Crippen LogP contribution < -0.4 is 21.5 Å². The van der Waals surface area contributed by atoms with Crippen molar-refractivity contribution in [3.05, 3.63) is 182 Å². The van der Waals surface area contributed by atoms with Crippen molar-refractivity contribution in [2.24, 2.45) is 7.05 Å².